The molecule has 0 unspecified atom stereocenters. The molecule has 1 rings (SSSR count). The van der Waals surface area contributed by atoms with E-state index in [9.17, 15) is 10.2 Å². The van der Waals surface area contributed by atoms with Crippen LogP contribution >= 0.6 is 0 Å². The highest BCUT2D eigenvalue weighted by molar-refractivity contribution is 4.87. The summed E-state index contributed by atoms with van der Waals surface area (Å²) in [6.07, 6.45) is 2.61. The summed E-state index contributed by atoms with van der Waals surface area (Å²) in [6, 6.07) is 0. The molecule has 1 fully saturated rings. The Kier molecular flexibility index (Phi) is 2.79. The summed E-state index contributed by atoms with van der Waals surface area (Å²) >= 11 is 0. The summed E-state index contributed by atoms with van der Waals surface area (Å²) in [4.78, 5) is 0. The third-order valence-electron chi connectivity index (χ3n) is 2.99. The SMILES string of the molecule is C[C@@H]1CC[C@@H](C(C)(C)O)[C@H](O)C1. The maximum atomic E-state index is 9.74. The molecule has 0 bridgehead atoms. The third-order valence-corrected chi connectivity index (χ3v) is 2.99. The average molecular weight is 172 g/mol. The Morgan fingerprint density at radius 1 is 1.25 bits per heavy atom. The smallest absolute Gasteiger partial charge is 0.0644 e. The molecule has 0 spiro atoms. The van der Waals surface area contributed by atoms with E-state index < -0.39 is 5.60 Å². The van der Waals surface area contributed by atoms with Crippen molar-refractivity contribution in [3.63, 3.8) is 0 Å². The van der Waals surface area contributed by atoms with Crippen LogP contribution in [0, 0.1) is 11.8 Å². The third kappa shape index (κ3) is 2.20. The van der Waals surface area contributed by atoms with Crippen LogP contribution in [0.3, 0.4) is 0 Å². The van der Waals surface area contributed by atoms with E-state index in [0.29, 0.717) is 5.92 Å². The Balaban J connectivity index is 2.57. The molecule has 2 nitrogen and oxygen atoms in total. The summed E-state index contributed by atoms with van der Waals surface area (Å²) in [5, 5.41) is 19.5. The maximum Gasteiger partial charge on any atom is 0.0644 e. The minimum absolute atomic E-state index is 0.0636. The van der Waals surface area contributed by atoms with Gasteiger partial charge in [0.15, 0.2) is 0 Å². The van der Waals surface area contributed by atoms with Gasteiger partial charge in [0.05, 0.1) is 11.7 Å². The molecule has 1 aliphatic carbocycles. The monoisotopic (exact) mass is 172 g/mol. The molecule has 72 valence electrons. The zero-order chi connectivity index (χ0) is 9.35. The number of hydrogen-bond donors (Lipinski definition) is 2. The van der Waals surface area contributed by atoms with Crippen LogP contribution in [0.15, 0.2) is 0 Å². The van der Waals surface area contributed by atoms with Gasteiger partial charge >= 0.3 is 0 Å². The highest BCUT2D eigenvalue weighted by Crippen LogP contribution is 2.35. The second-order valence-electron chi connectivity index (χ2n) is 4.75. The van der Waals surface area contributed by atoms with Crippen LogP contribution in [0.25, 0.3) is 0 Å². The minimum Gasteiger partial charge on any atom is -0.393 e. The van der Waals surface area contributed by atoms with E-state index in [0.717, 1.165) is 19.3 Å². The molecular weight excluding hydrogens is 152 g/mol. The van der Waals surface area contributed by atoms with Crippen molar-refractivity contribution in [2.75, 3.05) is 0 Å². The van der Waals surface area contributed by atoms with Gasteiger partial charge in [0.2, 0.25) is 0 Å². The first-order chi connectivity index (χ1) is 5.41. The van der Waals surface area contributed by atoms with Gasteiger partial charge in [0.1, 0.15) is 0 Å². The molecule has 0 aromatic rings. The highest BCUT2D eigenvalue weighted by Gasteiger charge is 2.36. The van der Waals surface area contributed by atoms with Crippen LogP contribution < -0.4 is 0 Å². The number of aliphatic hydroxyl groups excluding tert-OH is 1. The predicted molar refractivity (Wildman–Crippen MR) is 48.8 cm³/mol. The van der Waals surface area contributed by atoms with Gasteiger partial charge in [-0.15, -0.1) is 0 Å². The quantitative estimate of drug-likeness (QED) is 0.630. The lowest BCUT2D eigenvalue weighted by atomic mass is 9.73. The van der Waals surface area contributed by atoms with Crippen LogP contribution in [0.5, 0.6) is 0 Å². The molecule has 0 amide bonds. The highest BCUT2D eigenvalue weighted by atomic mass is 16.3. The molecule has 1 aliphatic rings. The first-order valence-corrected chi connectivity index (χ1v) is 4.81. The van der Waals surface area contributed by atoms with Crippen LogP contribution in [-0.2, 0) is 0 Å². The van der Waals surface area contributed by atoms with Gasteiger partial charge in [-0.1, -0.05) is 13.3 Å². The molecule has 12 heavy (non-hydrogen) atoms. The van der Waals surface area contributed by atoms with Crippen LogP contribution in [0.2, 0.25) is 0 Å². The molecule has 2 heteroatoms. The fourth-order valence-electron chi connectivity index (χ4n) is 2.17. The lowest BCUT2D eigenvalue weighted by Crippen LogP contribution is -2.42. The summed E-state index contributed by atoms with van der Waals surface area (Å²) in [5.74, 6) is 0.673. The van der Waals surface area contributed by atoms with Gasteiger partial charge in [-0.25, -0.2) is 0 Å². The summed E-state index contributed by atoms with van der Waals surface area (Å²) in [5.41, 5.74) is -0.723. The Bertz CT molecular complexity index is 148. The second kappa shape index (κ2) is 3.35. The van der Waals surface area contributed by atoms with Crippen molar-refractivity contribution in [3.8, 4) is 0 Å². The molecule has 1 saturated carbocycles. The van der Waals surface area contributed by atoms with Crippen molar-refractivity contribution in [2.45, 2.75) is 51.7 Å². The molecule has 0 aliphatic heterocycles. The number of hydrogen-bond acceptors (Lipinski definition) is 2. The van der Waals surface area contributed by atoms with Gasteiger partial charge in [-0.05, 0) is 32.6 Å². The standard InChI is InChI=1S/C10H20O2/c1-7-4-5-8(9(11)6-7)10(2,3)12/h7-9,11-12H,4-6H2,1-3H3/t7-,8-,9-/m1/s1. The number of rotatable bonds is 1. The fraction of sp³-hybridized carbons (Fsp3) is 1.00. The Labute approximate surface area is 74.6 Å². The van der Waals surface area contributed by atoms with Crippen LogP contribution in [0.1, 0.15) is 40.0 Å². The van der Waals surface area contributed by atoms with Crippen molar-refractivity contribution >= 4 is 0 Å². The largest absolute Gasteiger partial charge is 0.393 e. The van der Waals surface area contributed by atoms with E-state index in [-0.39, 0.29) is 12.0 Å². The second-order valence-corrected chi connectivity index (χ2v) is 4.75. The van der Waals surface area contributed by atoms with E-state index >= 15 is 0 Å². The number of aliphatic hydroxyl groups is 2. The average Bonchev–Trinajstić information content (AvgIpc) is 1.83. The molecule has 3 atom stereocenters. The first-order valence-electron chi connectivity index (χ1n) is 4.81. The van der Waals surface area contributed by atoms with Crippen molar-refractivity contribution in [2.24, 2.45) is 11.8 Å². The van der Waals surface area contributed by atoms with Gasteiger partial charge in [-0.2, -0.15) is 0 Å². The maximum absolute atomic E-state index is 9.74. The van der Waals surface area contributed by atoms with Gasteiger partial charge < -0.3 is 10.2 Å². The Morgan fingerprint density at radius 2 is 1.83 bits per heavy atom. The molecule has 0 aromatic carbocycles. The van der Waals surface area contributed by atoms with Gasteiger partial charge in [0, 0.05) is 5.92 Å². The zero-order valence-electron chi connectivity index (χ0n) is 8.25. The molecule has 0 radical (unpaired) electrons. The van der Waals surface area contributed by atoms with E-state index in [2.05, 4.69) is 6.92 Å². The molecular formula is C10H20O2. The summed E-state index contributed by atoms with van der Waals surface area (Å²) < 4.78 is 0. The Hall–Kier alpha value is -0.0800. The van der Waals surface area contributed by atoms with Gasteiger partial charge in [0.25, 0.3) is 0 Å². The fourth-order valence-corrected chi connectivity index (χ4v) is 2.17. The minimum atomic E-state index is -0.723. The molecule has 0 saturated heterocycles. The van der Waals surface area contributed by atoms with Crippen LogP contribution in [-0.4, -0.2) is 21.9 Å². The topological polar surface area (TPSA) is 40.5 Å². The van der Waals surface area contributed by atoms with E-state index in [1.807, 2.05) is 0 Å². The lowest BCUT2D eigenvalue weighted by Gasteiger charge is -2.38. The normalized spacial score (nSPS) is 38.2. The summed E-state index contributed by atoms with van der Waals surface area (Å²) in [7, 11) is 0. The van der Waals surface area contributed by atoms with Crippen molar-refractivity contribution in [3.05, 3.63) is 0 Å². The first kappa shape index (κ1) is 10.0. The molecule has 0 aromatic heterocycles. The molecule has 0 heterocycles. The predicted octanol–water partition coefficient (Wildman–Crippen LogP) is 1.55. The zero-order valence-corrected chi connectivity index (χ0v) is 8.25. The van der Waals surface area contributed by atoms with Crippen LogP contribution in [0.4, 0.5) is 0 Å². The van der Waals surface area contributed by atoms with Crippen molar-refractivity contribution in [1.82, 2.24) is 0 Å². The van der Waals surface area contributed by atoms with Gasteiger partial charge in [-0.3, -0.25) is 0 Å². The van der Waals surface area contributed by atoms with E-state index in [1.54, 1.807) is 13.8 Å². The molecule has 2 N–H and O–H groups in total. The lowest BCUT2D eigenvalue weighted by molar-refractivity contribution is -0.0730. The van der Waals surface area contributed by atoms with E-state index in [1.165, 1.54) is 0 Å². The van der Waals surface area contributed by atoms with Crippen molar-refractivity contribution < 1.29 is 10.2 Å². The van der Waals surface area contributed by atoms with E-state index in [4.69, 9.17) is 0 Å². The van der Waals surface area contributed by atoms with Crippen molar-refractivity contribution in [1.29, 1.82) is 0 Å². The summed E-state index contributed by atoms with van der Waals surface area (Å²) in [6.45, 7) is 5.73. The Morgan fingerprint density at radius 3 is 2.25 bits per heavy atom.